The number of aromatic amines is 2. The molecule has 1 aromatic carbocycles. The molecule has 0 unspecified atom stereocenters. The average molecular weight is 544 g/mol. The second-order valence-corrected chi connectivity index (χ2v) is 12.5. The maximum absolute atomic E-state index is 13.1. The van der Waals surface area contributed by atoms with Crippen molar-refractivity contribution < 1.29 is 4.79 Å². The van der Waals surface area contributed by atoms with E-state index in [1.807, 2.05) is 0 Å². The number of likely N-dealkylation sites (tertiary alicyclic amines) is 2. The number of nitrogens with zero attached hydrogens (tertiary/aromatic N) is 4. The molecule has 6 rings (SSSR count). The Bertz CT molecular complexity index is 1140. The van der Waals surface area contributed by atoms with Gasteiger partial charge in [-0.3, -0.25) is 9.69 Å². The van der Waals surface area contributed by atoms with Crippen LogP contribution in [0, 0.1) is 11.3 Å². The van der Waals surface area contributed by atoms with Crippen molar-refractivity contribution in [1.29, 1.82) is 0 Å². The van der Waals surface area contributed by atoms with Crippen LogP contribution in [-0.4, -0.2) is 67.9 Å². The third kappa shape index (κ3) is 6.84. The summed E-state index contributed by atoms with van der Waals surface area (Å²) in [7, 11) is 0. The topological polar surface area (TPSA) is 92.9 Å². The molecule has 0 atom stereocenters. The van der Waals surface area contributed by atoms with Gasteiger partial charge in [0.1, 0.15) is 11.6 Å². The summed E-state index contributed by atoms with van der Waals surface area (Å²) in [6, 6.07) is 9.67. The van der Waals surface area contributed by atoms with Crippen molar-refractivity contribution in [2.24, 2.45) is 11.3 Å². The Morgan fingerprint density at radius 3 is 2.15 bits per heavy atom. The first-order valence-corrected chi connectivity index (χ1v) is 15.4. The van der Waals surface area contributed by atoms with E-state index in [0.717, 1.165) is 29.8 Å². The van der Waals surface area contributed by atoms with Crippen molar-refractivity contribution in [2.45, 2.75) is 83.3 Å². The molecule has 2 saturated heterocycles. The quantitative estimate of drug-likeness (QED) is 0.351. The monoisotopic (exact) mass is 543 g/mol. The lowest BCUT2D eigenvalue weighted by Crippen LogP contribution is -2.46. The third-order valence-electron chi connectivity index (χ3n) is 9.72. The van der Waals surface area contributed by atoms with Gasteiger partial charge in [-0.15, -0.1) is 0 Å². The predicted molar refractivity (Wildman–Crippen MR) is 156 cm³/mol. The maximum atomic E-state index is 13.1. The van der Waals surface area contributed by atoms with E-state index < -0.39 is 0 Å². The fourth-order valence-electron chi connectivity index (χ4n) is 7.28. The Kier molecular flexibility index (Phi) is 8.63. The molecule has 4 heterocycles. The van der Waals surface area contributed by atoms with Crippen LogP contribution in [0.25, 0.3) is 0 Å². The van der Waals surface area contributed by atoms with Crippen LogP contribution in [0.1, 0.15) is 74.1 Å². The lowest BCUT2D eigenvalue weighted by molar-refractivity contribution is -0.125. The molecular weight excluding hydrogens is 498 g/mol. The van der Waals surface area contributed by atoms with Crippen molar-refractivity contribution in [2.75, 3.05) is 26.2 Å². The fraction of sp³-hybridized carbons (Fsp3) is 0.594. The van der Waals surface area contributed by atoms with Gasteiger partial charge in [-0.25, -0.2) is 9.97 Å². The Morgan fingerprint density at radius 2 is 1.52 bits per heavy atom. The maximum Gasteiger partial charge on any atom is 0.224 e. The molecule has 40 heavy (non-hydrogen) atoms. The molecular formula is C32H45N7O. The SMILES string of the molecule is O=C(NCc1ccc(CN2CCC3(CCN(C4CCCCC4)CC3)C2)cc1)C(Cc1ncc[nH]1)Cc1ncc[nH]1. The molecule has 1 spiro atoms. The van der Waals surface area contributed by atoms with Crippen LogP contribution < -0.4 is 5.32 Å². The number of piperidine rings is 1. The van der Waals surface area contributed by atoms with Crippen molar-refractivity contribution in [3.05, 3.63) is 71.8 Å². The van der Waals surface area contributed by atoms with E-state index >= 15 is 0 Å². The lowest BCUT2D eigenvalue weighted by atomic mass is 9.77. The zero-order valence-electron chi connectivity index (χ0n) is 23.8. The molecule has 8 nitrogen and oxygen atoms in total. The normalized spacial score (nSPS) is 20.4. The number of imidazole rings is 2. The van der Waals surface area contributed by atoms with E-state index in [9.17, 15) is 4.79 Å². The van der Waals surface area contributed by atoms with E-state index in [1.54, 1.807) is 24.8 Å². The lowest BCUT2D eigenvalue weighted by Gasteiger charge is -2.43. The molecule has 1 saturated carbocycles. The van der Waals surface area contributed by atoms with Crippen molar-refractivity contribution >= 4 is 5.91 Å². The van der Waals surface area contributed by atoms with E-state index in [1.165, 1.54) is 83.1 Å². The van der Waals surface area contributed by atoms with Gasteiger partial charge in [0.2, 0.25) is 5.91 Å². The number of amides is 1. The number of carbonyl (C=O) groups is 1. The zero-order valence-corrected chi connectivity index (χ0v) is 23.8. The number of carbonyl (C=O) groups excluding carboxylic acids is 1. The molecule has 2 aromatic heterocycles. The van der Waals surface area contributed by atoms with Gasteiger partial charge in [-0.05, 0) is 68.3 Å². The van der Waals surface area contributed by atoms with Gasteiger partial charge in [0, 0.05) is 63.3 Å². The highest BCUT2D eigenvalue weighted by Crippen LogP contribution is 2.42. The number of benzene rings is 1. The van der Waals surface area contributed by atoms with Crippen LogP contribution in [0.2, 0.25) is 0 Å². The minimum atomic E-state index is -0.242. The summed E-state index contributed by atoms with van der Waals surface area (Å²) < 4.78 is 0. The molecule has 8 heteroatoms. The van der Waals surface area contributed by atoms with E-state index in [-0.39, 0.29) is 11.8 Å². The number of aromatic nitrogens is 4. The van der Waals surface area contributed by atoms with Gasteiger partial charge in [-0.2, -0.15) is 0 Å². The van der Waals surface area contributed by atoms with Crippen LogP contribution >= 0.6 is 0 Å². The van der Waals surface area contributed by atoms with Gasteiger partial charge in [0.25, 0.3) is 0 Å². The highest BCUT2D eigenvalue weighted by atomic mass is 16.1. The van der Waals surface area contributed by atoms with Crippen molar-refractivity contribution in [1.82, 2.24) is 35.1 Å². The smallest absolute Gasteiger partial charge is 0.224 e. The van der Waals surface area contributed by atoms with Crippen molar-refractivity contribution in [3.8, 4) is 0 Å². The molecule has 3 aliphatic rings. The summed E-state index contributed by atoms with van der Waals surface area (Å²) in [6.45, 7) is 6.63. The Hall–Kier alpha value is -2.97. The number of nitrogens with one attached hydrogen (secondary N) is 3. The molecule has 3 N–H and O–H groups in total. The second kappa shape index (κ2) is 12.7. The molecule has 1 aliphatic carbocycles. The summed E-state index contributed by atoms with van der Waals surface area (Å²) >= 11 is 0. The van der Waals surface area contributed by atoms with Gasteiger partial charge in [-0.1, -0.05) is 43.5 Å². The summed E-state index contributed by atoms with van der Waals surface area (Å²) in [5, 5.41) is 3.15. The number of rotatable bonds is 10. The molecule has 1 amide bonds. The minimum absolute atomic E-state index is 0.0220. The Labute approximate surface area is 238 Å². The van der Waals surface area contributed by atoms with Gasteiger partial charge >= 0.3 is 0 Å². The van der Waals surface area contributed by atoms with Crippen LogP contribution in [0.5, 0.6) is 0 Å². The largest absolute Gasteiger partial charge is 0.352 e. The molecule has 2 aliphatic heterocycles. The minimum Gasteiger partial charge on any atom is -0.352 e. The van der Waals surface area contributed by atoms with Gasteiger partial charge in [0.05, 0.1) is 5.92 Å². The van der Waals surface area contributed by atoms with Gasteiger partial charge < -0.3 is 20.2 Å². The molecule has 214 valence electrons. The number of hydrogen-bond acceptors (Lipinski definition) is 5. The van der Waals surface area contributed by atoms with Crippen LogP contribution in [0.3, 0.4) is 0 Å². The summed E-state index contributed by atoms with van der Waals surface area (Å²) in [5.41, 5.74) is 3.03. The highest BCUT2D eigenvalue weighted by Gasteiger charge is 2.41. The molecule has 3 aromatic rings. The van der Waals surface area contributed by atoms with Crippen molar-refractivity contribution in [3.63, 3.8) is 0 Å². The molecule has 0 bridgehead atoms. The van der Waals surface area contributed by atoms with Crippen LogP contribution in [0.15, 0.2) is 49.1 Å². The summed E-state index contributed by atoms with van der Waals surface area (Å²) in [5.74, 6) is 1.41. The number of hydrogen-bond donors (Lipinski definition) is 3. The Morgan fingerprint density at radius 1 is 0.900 bits per heavy atom. The molecule has 3 fully saturated rings. The first-order chi connectivity index (χ1) is 19.6. The zero-order chi connectivity index (χ0) is 27.2. The van der Waals surface area contributed by atoms with E-state index in [2.05, 4.69) is 59.3 Å². The first kappa shape index (κ1) is 27.2. The summed E-state index contributed by atoms with van der Waals surface area (Å²) in [4.78, 5) is 33.5. The highest BCUT2D eigenvalue weighted by molar-refractivity contribution is 5.79. The Balaban J connectivity index is 0.967. The fourth-order valence-corrected chi connectivity index (χ4v) is 7.28. The first-order valence-electron chi connectivity index (χ1n) is 15.4. The van der Waals surface area contributed by atoms with E-state index in [4.69, 9.17) is 0 Å². The van der Waals surface area contributed by atoms with Crippen LogP contribution in [0.4, 0.5) is 0 Å². The molecule has 0 radical (unpaired) electrons. The van der Waals surface area contributed by atoms with E-state index in [0.29, 0.717) is 24.8 Å². The second-order valence-electron chi connectivity index (χ2n) is 12.5. The van der Waals surface area contributed by atoms with Crippen LogP contribution in [-0.2, 0) is 30.7 Å². The standard InChI is InChI=1S/C32H45N7O/c40-31(27(20-29-33-13-14-34-29)21-30-35-15-16-36-30)37-22-25-6-8-26(9-7-25)23-38-17-10-32(24-38)11-18-39(19-12-32)28-4-2-1-3-5-28/h6-9,13-16,27-28H,1-5,10-12,17-24H2,(H,33,34)(H,35,36)(H,37,40). The number of H-pyrrole nitrogens is 2. The predicted octanol–water partition coefficient (Wildman–Crippen LogP) is 4.47. The summed E-state index contributed by atoms with van der Waals surface area (Å²) in [6.07, 6.45) is 19.4. The van der Waals surface area contributed by atoms with Gasteiger partial charge in [0.15, 0.2) is 0 Å². The average Bonchev–Trinajstić information content (AvgIpc) is 3.77. The third-order valence-corrected chi connectivity index (χ3v) is 9.72.